The normalized spacial score (nSPS) is 13.5. The second-order valence-electron chi connectivity index (χ2n) is 5.05. The zero-order valence-corrected chi connectivity index (χ0v) is 13.8. The van der Waals surface area contributed by atoms with Gasteiger partial charge in [-0.15, -0.1) is 0 Å². The van der Waals surface area contributed by atoms with Crippen molar-refractivity contribution in [3.05, 3.63) is 53.6 Å². The summed E-state index contributed by atoms with van der Waals surface area (Å²) in [6.45, 7) is 0.599. The first-order chi connectivity index (χ1) is 10.7. The van der Waals surface area contributed by atoms with Gasteiger partial charge < -0.3 is 14.4 Å². The number of carbonyl (C=O) groups is 1. The van der Waals surface area contributed by atoms with Crippen LogP contribution in [0.5, 0.6) is 11.5 Å². The molecular weight excluding hydrogens is 346 g/mol. The summed E-state index contributed by atoms with van der Waals surface area (Å²) >= 11 is 3.43. The number of ether oxygens (including phenoxy) is 2. The number of anilines is 1. The number of halogens is 1. The van der Waals surface area contributed by atoms with Crippen molar-refractivity contribution in [1.82, 2.24) is 0 Å². The van der Waals surface area contributed by atoms with E-state index in [0.717, 1.165) is 33.6 Å². The van der Waals surface area contributed by atoms with Crippen molar-refractivity contribution in [3.63, 3.8) is 0 Å². The molecule has 2 aromatic carbocycles. The minimum Gasteiger partial charge on any atom is -0.497 e. The van der Waals surface area contributed by atoms with Gasteiger partial charge in [0.2, 0.25) is 0 Å². The van der Waals surface area contributed by atoms with Gasteiger partial charge in [-0.25, -0.2) is 0 Å². The molecule has 3 rings (SSSR count). The van der Waals surface area contributed by atoms with Gasteiger partial charge in [0.1, 0.15) is 11.5 Å². The van der Waals surface area contributed by atoms with Crippen molar-refractivity contribution < 1.29 is 14.3 Å². The van der Waals surface area contributed by atoms with Crippen molar-refractivity contribution in [2.24, 2.45) is 0 Å². The average Bonchev–Trinajstić information content (AvgIpc) is 2.57. The number of fused-ring (bicyclic) bond motifs is 1. The number of benzene rings is 2. The van der Waals surface area contributed by atoms with Crippen LogP contribution in [-0.2, 0) is 16.7 Å². The Morgan fingerprint density at radius 1 is 1.18 bits per heavy atom. The maximum Gasteiger partial charge on any atom is 0.265 e. The summed E-state index contributed by atoms with van der Waals surface area (Å²) in [5.74, 6) is 1.53. The van der Waals surface area contributed by atoms with Crippen LogP contribution in [0.4, 0.5) is 5.69 Å². The Kier molecular flexibility index (Phi) is 4.34. The van der Waals surface area contributed by atoms with Crippen LogP contribution in [0.25, 0.3) is 0 Å². The molecule has 0 aromatic heterocycles. The molecule has 0 aliphatic carbocycles. The lowest BCUT2D eigenvalue weighted by molar-refractivity contribution is -0.121. The number of amides is 1. The van der Waals surface area contributed by atoms with Crippen LogP contribution in [0.1, 0.15) is 11.1 Å². The van der Waals surface area contributed by atoms with Gasteiger partial charge >= 0.3 is 0 Å². The molecule has 5 heteroatoms. The Hall–Kier alpha value is -2.01. The third-order valence-corrected chi connectivity index (χ3v) is 4.27. The van der Waals surface area contributed by atoms with Gasteiger partial charge in [0.15, 0.2) is 6.61 Å². The monoisotopic (exact) mass is 361 g/mol. The molecule has 0 saturated carbocycles. The van der Waals surface area contributed by atoms with E-state index in [0.29, 0.717) is 6.54 Å². The Morgan fingerprint density at radius 2 is 1.91 bits per heavy atom. The zero-order valence-electron chi connectivity index (χ0n) is 12.2. The SMILES string of the molecule is COc1ccc(CN2C(=O)COc3cc(CBr)ccc32)cc1. The van der Waals surface area contributed by atoms with E-state index >= 15 is 0 Å². The predicted octanol–water partition coefficient (Wildman–Crippen LogP) is 3.52. The third kappa shape index (κ3) is 2.95. The van der Waals surface area contributed by atoms with E-state index < -0.39 is 0 Å². The first-order valence-electron chi connectivity index (χ1n) is 6.96. The fourth-order valence-corrected chi connectivity index (χ4v) is 2.77. The molecule has 0 atom stereocenters. The molecule has 22 heavy (non-hydrogen) atoms. The second kappa shape index (κ2) is 6.40. The van der Waals surface area contributed by atoms with Gasteiger partial charge in [-0.3, -0.25) is 4.79 Å². The lowest BCUT2D eigenvalue weighted by atomic mass is 10.1. The number of alkyl halides is 1. The molecule has 2 aromatic rings. The third-order valence-electron chi connectivity index (χ3n) is 3.62. The quantitative estimate of drug-likeness (QED) is 0.782. The smallest absolute Gasteiger partial charge is 0.265 e. The summed E-state index contributed by atoms with van der Waals surface area (Å²) < 4.78 is 10.7. The highest BCUT2D eigenvalue weighted by Crippen LogP contribution is 2.34. The van der Waals surface area contributed by atoms with E-state index in [1.54, 1.807) is 12.0 Å². The van der Waals surface area contributed by atoms with E-state index in [2.05, 4.69) is 15.9 Å². The average molecular weight is 362 g/mol. The van der Waals surface area contributed by atoms with Crippen LogP contribution in [0.3, 0.4) is 0 Å². The predicted molar refractivity (Wildman–Crippen MR) is 88.8 cm³/mol. The lowest BCUT2D eigenvalue weighted by Gasteiger charge is -2.29. The van der Waals surface area contributed by atoms with Crippen molar-refractivity contribution in [2.75, 3.05) is 18.6 Å². The Morgan fingerprint density at radius 3 is 2.59 bits per heavy atom. The van der Waals surface area contributed by atoms with Crippen molar-refractivity contribution in [1.29, 1.82) is 0 Å². The number of hydrogen-bond acceptors (Lipinski definition) is 3. The standard InChI is InChI=1S/C17H16BrNO3/c1-21-14-5-2-12(3-6-14)10-19-15-7-4-13(9-18)8-16(15)22-11-17(19)20/h2-8H,9-11H2,1H3. The van der Waals surface area contributed by atoms with Crippen LogP contribution < -0.4 is 14.4 Å². The fourth-order valence-electron chi connectivity index (χ4n) is 2.42. The maximum absolute atomic E-state index is 12.2. The highest BCUT2D eigenvalue weighted by atomic mass is 79.9. The van der Waals surface area contributed by atoms with Gasteiger partial charge in [0, 0.05) is 5.33 Å². The number of methoxy groups -OCH3 is 1. The lowest BCUT2D eigenvalue weighted by Crippen LogP contribution is -2.38. The van der Waals surface area contributed by atoms with Crippen molar-refractivity contribution >= 4 is 27.5 Å². The largest absolute Gasteiger partial charge is 0.497 e. The molecule has 1 amide bonds. The van der Waals surface area contributed by atoms with Crippen LogP contribution in [0.2, 0.25) is 0 Å². The minimum atomic E-state index is -0.0325. The van der Waals surface area contributed by atoms with Gasteiger partial charge in [-0.1, -0.05) is 34.1 Å². The van der Waals surface area contributed by atoms with E-state index in [4.69, 9.17) is 9.47 Å². The molecule has 0 radical (unpaired) electrons. The highest BCUT2D eigenvalue weighted by Gasteiger charge is 2.25. The van der Waals surface area contributed by atoms with Crippen molar-refractivity contribution in [3.8, 4) is 11.5 Å². The molecule has 1 aliphatic heterocycles. The Labute approximate surface area is 137 Å². The highest BCUT2D eigenvalue weighted by molar-refractivity contribution is 9.08. The molecule has 0 fully saturated rings. The van der Waals surface area contributed by atoms with Crippen LogP contribution in [0, 0.1) is 0 Å². The van der Waals surface area contributed by atoms with Gasteiger partial charge in [0.25, 0.3) is 5.91 Å². The Bertz CT molecular complexity index is 685. The summed E-state index contributed by atoms with van der Waals surface area (Å²) in [5.41, 5.74) is 2.99. The summed E-state index contributed by atoms with van der Waals surface area (Å²) in [6, 6.07) is 13.6. The number of rotatable bonds is 4. The molecule has 0 spiro atoms. The van der Waals surface area contributed by atoms with E-state index in [9.17, 15) is 4.79 Å². The Balaban J connectivity index is 1.88. The van der Waals surface area contributed by atoms with Crippen LogP contribution in [0.15, 0.2) is 42.5 Å². The zero-order chi connectivity index (χ0) is 15.5. The summed E-state index contributed by atoms with van der Waals surface area (Å²) in [4.78, 5) is 14.0. The molecule has 0 N–H and O–H groups in total. The van der Waals surface area contributed by atoms with Gasteiger partial charge in [-0.05, 0) is 35.4 Å². The first-order valence-corrected chi connectivity index (χ1v) is 8.08. The first kappa shape index (κ1) is 14.9. The molecule has 1 heterocycles. The summed E-state index contributed by atoms with van der Waals surface area (Å²) in [5, 5.41) is 0.760. The fraction of sp³-hybridized carbons (Fsp3) is 0.235. The molecule has 1 aliphatic rings. The van der Waals surface area contributed by atoms with Crippen molar-refractivity contribution in [2.45, 2.75) is 11.9 Å². The van der Waals surface area contributed by atoms with E-state index in [1.165, 1.54) is 0 Å². The van der Waals surface area contributed by atoms with E-state index in [-0.39, 0.29) is 12.5 Å². The summed E-state index contributed by atoms with van der Waals surface area (Å²) in [7, 11) is 1.64. The topological polar surface area (TPSA) is 38.8 Å². The molecule has 4 nitrogen and oxygen atoms in total. The molecular formula is C17H16BrNO3. The number of hydrogen-bond donors (Lipinski definition) is 0. The minimum absolute atomic E-state index is 0.0325. The molecule has 0 saturated heterocycles. The number of nitrogens with zero attached hydrogens (tertiary/aromatic N) is 1. The molecule has 0 bridgehead atoms. The molecule has 114 valence electrons. The number of carbonyl (C=O) groups excluding carboxylic acids is 1. The summed E-state index contributed by atoms with van der Waals surface area (Å²) in [6.07, 6.45) is 0. The van der Waals surface area contributed by atoms with Crippen LogP contribution in [-0.4, -0.2) is 19.6 Å². The second-order valence-corrected chi connectivity index (χ2v) is 5.61. The molecule has 0 unspecified atom stereocenters. The van der Waals surface area contributed by atoms with E-state index in [1.807, 2.05) is 42.5 Å². The van der Waals surface area contributed by atoms with Gasteiger partial charge in [0.05, 0.1) is 19.3 Å². The van der Waals surface area contributed by atoms with Gasteiger partial charge in [-0.2, -0.15) is 0 Å². The maximum atomic E-state index is 12.2. The van der Waals surface area contributed by atoms with Crippen LogP contribution >= 0.6 is 15.9 Å².